The Balaban J connectivity index is 1.77. The average molecular weight is 332 g/mol. The average Bonchev–Trinajstić information content (AvgIpc) is 3.23. The molecule has 2 aliphatic rings. The van der Waals surface area contributed by atoms with Crippen LogP contribution >= 0.6 is 0 Å². The van der Waals surface area contributed by atoms with E-state index in [0.717, 1.165) is 42.9 Å². The topological polar surface area (TPSA) is 59.1 Å². The molecule has 1 aromatic carbocycles. The van der Waals surface area contributed by atoms with E-state index in [9.17, 15) is 9.59 Å². The summed E-state index contributed by atoms with van der Waals surface area (Å²) in [5.41, 5.74) is 0.997. The molecular weight excluding hydrogens is 308 g/mol. The van der Waals surface area contributed by atoms with Crippen molar-refractivity contribution in [2.24, 2.45) is 0 Å². The zero-order chi connectivity index (χ0) is 17.1. The summed E-state index contributed by atoms with van der Waals surface area (Å²) in [6, 6.07) is 5.70. The Bertz CT molecular complexity index is 631. The number of ether oxygens (including phenoxy) is 2. The Hall–Kier alpha value is -2.24. The lowest BCUT2D eigenvalue weighted by Gasteiger charge is -2.28. The Labute approximate surface area is 142 Å². The van der Waals surface area contributed by atoms with Crippen LogP contribution in [0.25, 0.3) is 0 Å². The molecule has 0 N–H and O–H groups in total. The van der Waals surface area contributed by atoms with Crippen molar-refractivity contribution in [3.05, 3.63) is 23.8 Å². The molecular formula is C18H24N2O4. The van der Waals surface area contributed by atoms with Crippen molar-refractivity contribution >= 4 is 11.8 Å². The smallest absolute Gasteiger partial charge is 0.242 e. The molecule has 2 heterocycles. The van der Waals surface area contributed by atoms with Crippen molar-refractivity contribution in [2.75, 3.05) is 33.9 Å². The molecule has 2 amide bonds. The van der Waals surface area contributed by atoms with Gasteiger partial charge in [-0.05, 0) is 31.4 Å². The third kappa shape index (κ3) is 3.18. The van der Waals surface area contributed by atoms with E-state index in [1.807, 2.05) is 23.1 Å². The third-order valence-electron chi connectivity index (χ3n) is 4.87. The SMILES string of the molecule is COc1ccc(C2CCCN2C(=O)CN2CCCC2=O)c(OC)c1. The fourth-order valence-electron chi connectivity index (χ4n) is 3.61. The number of rotatable bonds is 5. The van der Waals surface area contributed by atoms with E-state index in [0.29, 0.717) is 13.0 Å². The number of nitrogens with zero attached hydrogens (tertiary/aromatic N) is 2. The van der Waals surface area contributed by atoms with Gasteiger partial charge in [0.05, 0.1) is 26.8 Å². The molecule has 1 aromatic rings. The summed E-state index contributed by atoms with van der Waals surface area (Å²) < 4.78 is 10.7. The molecule has 130 valence electrons. The highest BCUT2D eigenvalue weighted by molar-refractivity contribution is 5.86. The van der Waals surface area contributed by atoms with Gasteiger partial charge in [0.2, 0.25) is 11.8 Å². The first-order chi connectivity index (χ1) is 11.6. The van der Waals surface area contributed by atoms with Crippen molar-refractivity contribution in [2.45, 2.75) is 31.7 Å². The summed E-state index contributed by atoms with van der Waals surface area (Å²) >= 11 is 0. The maximum Gasteiger partial charge on any atom is 0.242 e. The minimum absolute atomic E-state index is 0.00365. The quantitative estimate of drug-likeness (QED) is 0.827. The molecule has 0 spiro atoms. The second-order valence-electron chi connectivity index (χ2n) is 6.27. The van der Waals surface area contributed by atoms with Crippen molar-refractivity contribution < 1.29 is 19.1 Å². The second-order valence-corrected chi connectivity index (χ2v) is 6.27. The summed E-state index contributed by atoms with van der Waals surface area (Å²) in [4.78, 5) is 28.0. The van der Waals surface area contributed by atoms with E-state index in [4.69, 9.17) is 9.47 Å². The van der Waals surface area contributed by atoms with Crippen LogP contribution in [0, 0.1) is 0 Å². The first kappa shape index (κ1) is 16.6. The predicted molar refractivity (Wildman–Crippen MR) is 89.0 cm³/mol. The van der Waals surface area contributed by atoms with Crippen molar-refractivity contribution in [1.29, 1.82) is 0 Å². The zero-order valence-electron chi connectivity index (χ0n) is 14.3. The van der Waals surface area contributed by atoms with Gasteiger partial charge in [-0.15, -0.1) is 0 Å². The zero-order valence-corrected chi connectivity index (χ0v) is 14.3. The summed E-state index contributed by atoms with van der Waals surface area (Å²) in [7, 11) is 3.25. The van der Waals surface area contributed by atoms with E-state index >= 15 is 0 Å². The van der Waals surface area contributed by atoms with Crippen molar-refractivity contribution in [1.82, 2.24) is 9.80 Å². The van der Waals surface area contributed by atoms with Gasteiger partial charge in [-0.2, -0.15) is 0 Å². The van der Waals surface area contributed by atoms with Crippen LogP contribution < -0.4 is 9.47 Å². The molecule has 0 bridgehead atoms. The van der Waals surface area contributed by atoms with Crippen LogP contribution in [0.5, 0.6) is 11.5 Å². The number of hydrogen-bond acceptors (Lipinski definition) is 4. The number of amides is 2. The molecule has 6 nitrogen and oxygen atoms in total. The molecule has 0 aromatic heterocycles. The lowest BCUT2D eigenvalue weighted by Crippen LogP contribution is -2.40. The van der Waals surface area contributed by atoms with Crippen LogP contribution in [0.2, 0.25) is 0 Å². The largest absolute Gasteiger partial charge is 0.497 e. The Kier molecular flexibility index (Phi) is 4.92. The Morgan fingerprint density at radius 3 is 2.71 bits per heavy atom. The number of carbonyl (C=O) groups is 2. The predicted octanol–water partition coefficient (Wildman–Crippen LogP) is 1.99. The molecule has 0 aliphatic carbocycles. The van der Waals surface area contributed by atoms with Gasteiger partial charge in [-0.25, -0.2) is 0 Å². The third-order valence-corrected chi connectivity index (χ3v) is 4.87. The second kappa shape index (κ2) is 7.11. The standard InChI is InChI=1S/C18H24N2O4/c1-23-13-7-8-14(16(11-13)24-2)15-5-3-10-20(15)18(22)12-19-9-4-6-17(19)21/h7-8,11,15H,3-6,9-10,12H2,1-2H3. The molecule has 1 unspecified atom stereocenters. The Morgan fingerprint density at radius 2 is 2.04 bits per heavy atom. The van der Waals surface area contributed by atoms with Crippen LogP contribution in [-0.4, -0.2) is 55.5 Å². The summed E-state index contributed by atoms with van der Waals surface area (Å²) in [6.07, 6.45) is 3.27. The van der Waals surface area contributed by atoms with E-state index in [-0.39, 0.29) is 24.4 Å². The van der Waals surface area contributed by atoms with E-state index in [2.05, 4.69) is 0 Å². The van der Waals surface area contributed by atoms with Gasteiger partial charge in [0.15, 0.2) is 0 Å². The normalized spacial score (nSPS) is 20.6. The van der Waals surface area contributed by atoms with Gasteiger partial charge >= 0.3 is 0 Å². The maximum atomic E-state index is 12.7. The van der Waals surface area contributed by atoms with Gasteiger partial charge in [-0.1, -0.05) is 0 Å². The summed E-state index contributed by atoms with van der Waals surface area (Å²) in [6.45, 7) is 1.60. The highest BCUT2D eigenvalue weighted by Crippen LogP contribution is 2.38. The molecule has 24 heavy (non-hydrogen) atoms. The van der Waals surface area contributed by atoms with Crippen LogP contribution in [0.1, 0.15) is 37.3 Å². The summed E-state index contributed by atoms with van der Waals surface area (Å²) in [5.74, 6) is 1.57. The first-order valence-electron chi connectivity index (χ1n) is 8.43. The van der Waals surface area contributed by atoms with Crippen LogP contribution in [0.15, 0.2) is 18.2 Å². The van der Waals surface area contributed by atoms with E-state index in [1.54, 1.807) is 19.1 Å². The fourth-order valence-corrected chi connectivity index (χ4v) is 3.61. The molecule has 2 aliphatic heterocycles. The van der Waals surface area contributed by atoms with Crippen LogP contribution in [-0.2, 0) is 9.59 Å². The molecule has 3 rings (SSSR count). The highest BCUT2D eigenvalue weighted by atomic mass is 16.5. The van der Waals surface area contributed by atoms with Gasteiger partial charge in [-0.3, -0.25) is 9.59 Å². The van der Waals surface area contributed by atoms with Crippen molar-refractivity contribution in [3.8, 4) is 11.5 Å². The molecule has 0 radical (unpaired) electrons. The van der Waals surface area contributed by atoms with E-state index < -0.39 is 0 Å². The minimum Gasteiger partial charge on any atom is -0.497 e. The fraction of sp³-hybridized carbons (Fsp3) is 0.556. The van der Waals surface area contributed by atoms with E-state index in [1.165, 1.54) is 0 Å². The lowest BCUT2D eigenvalue weighted by molar-refractivity contribution is -0.139. The number of hydrogen-bond donors (Lipinski definition) is 0. The summed E-state index contributed by atoms with van der Waals surface area (Å²) in [5, 5.41) is 0. The lowest BCUT2D eigenvalue weighted by atomic mass is 10.0. The van der Waals surface area contributed by atoms with Gasteiger partial charge in [0, 0.05) is 31.1 Å². The van der Waals surface area contributed by atoms with Crippen LogP contribution in [0.3, 0.4) is 0 Å². The highest BCUT2D eigenvalue weighted by Gasteiger charge is 2.34. The molecule has 6 heteroatoms. The number of likely N-dealkylation sites (tertiary alicyclic amines) is 2. The molecule has 2 fully saturated rings. The number of methoxy groups -OCH3 is 2. The first-order valence-corrected chi connectivity index (χ1v) is 8.43. The number of carbonyl (C=O) groups excluding carboxylic acids is 2. The molecule has 1 atom stereocenters. The molecule has 0 saturated carbocycles. The maximum absolute atomic E-state index is 12.7. The minimum atomic E-state index is -0.00365. The van der Waals surface area contributed by atoms with Gasteiger partial charge in [0.25, 0.3) is 0 Å². The Morgan fingerprint density at radius 1 is 1.21 bits per heavy atom. The van der Waals surface area contributed by atoms with Crippen molar-refractivity contribution in [3.63, 3.8) is 0 Å². The monoisotopic (exact) mass is 332 g/mol. The van der Waals surface area contributed by atoms with Gasteiger partial charge < -0.3 is 19.3 Å². The molecule has 2 saturated heterocycles. The van der Waals surface area contributed by atoms with Gasteiger partial charge in [0.1, 0.15) is 11.5 Å². The van der Waals surface area contributed by atoms with Crippen LogP contribution in [0.4, 0.5) is 0 Å². The number of benzene rings is 1.